The molecule has 4 heterocycles. The quantitative estimate of drug-likeness (QED) is 0.322. The van der Waals surface area contributed by atoms with Crippen molar-refractivity contribution >= 4 is 38.8 Å². The van der Waals surface area contributed by atoms with Gasteiger partial charge in [-0.15, -0.1) is 0 Å². The van der Waals surface area contributed by atoms with Gasteiger partial charge in [0.2, 0.25) is 0 Å². The van der Waals surface area contributed by atoms with Gasteiger partial charge in [0.25, 0.3) is 5.91 Å². The van der Waals surface area contributed by atoms with E-state index < -0.39 is 22.2 Å². The average Bonchev–Trinajstić information content (AvgIpc) is 3.29. The fourth-order valence-electron chi connectivity index (χ4n) is 6.82. The zero-order valence-corrected chi connectivity index (χ0v) is 25.0. The molecule has 2 bridgehead atoms. The number of likely N-dealkylation sites (tertiary alicyclic amines) is 1. The number of amides is 1. The molecule has 4 atom stereocenters. The summed E-state index contributed by atoms with van der Waals surface area (Å²) < 4.78 is 32.1. The van der Waals surface area contributed by atoms with Crippen LogP contribution in [0, 0.1) is 17.7 Å². The molecule has 3 aromatic heterocycles. The summed E-state index contributed by atoms with van der Waals surface area (Å²) in [6, 6.07) is 8.74. The van der Waals surface area contributed by atoms with E-state index in [2.05, 4.69) is 4.57 Å². The molecule has 1 aliphatic heterocycles. The summed E-state index contributed by atoms with van der Waals surface area (Å²) in [4.78, 5) is 25.2. The van der Waals surface area contributed by atoms with Crippen molar-refractivity contribution < 1.29 is 18.5 Å². The molecule has 3 fully saturated rings. The number of hydrogen-bond donors (Lipinski definition) is 2. The van der Waals surface area contributed by atoms with Crippen LogP contribution in [-0.4, -0.2) is 69.9 Å². The second-order valence-electron chi connectivity index (χ2n) is 12.9. The first-order valence-electron chi connectivity index (χ1n) is 14.8. The van der Waals surface area contributed by atoms with Crippen molar-refractivity contribution in [2.75, 3.05) is 18.6 Å². The molecule has 4 aromatic rings. The van der Waals surface area contributed by atoms with Gasteiger partial charge in [-0.05, 0) is 81.7 Å². The summed E-state index contributed by atoms with van der Waals surface area (Å²) in [5.74, 6) is 0.942. The Labute approximate surface area is 246 Å². The molecular formula is C31H37FN6O3S. The van der Waals surface area contributed by atoms with Crippen LogP contribution >= 0.6 is 0 Å². The van der Waals surface area contributed by atoms with Gasteiger partial charge in [-0.2, -0.15) is 0 Å². The maximum Gasteiger partial charge on any atom is 0.254 e. The third kappa shape index (κ3) is 4.66. The highest BCUT2D eigenvalue weighted by molar-refractivity contribution is 7.84. The fraction of sp³-hybridized carbons (Fsp3) is 0.516. The molecule has 2 aliphatic carbocycles. The molecule has 3 aliphatic rings. The lowest BCUT2D eigenvalue weighted by Crippen LogP contribution is -2.41. The van der Waals surface area contributed by atoms with Crippen LogP contribution in [0.2, 0.25) is 0 Å². The minimum atomic E-state index is -1.11. The van der Waals surface area contributed by atoms with Crippen molar-refractivity contribution in [1.82, 2.24) is 24.0 Å². The standard InChI is InChI=1S/C31H37FN6O3S/c1-31(2,40)25-9-7-18-14-24(37(28(18)35-25)15-17-4-5-17)29-34-22-13-20(12-21(32)27(22)36(29)10-11-42(3)41)30(39)38-16-19-6-8-23(38)26(19)33/h7,9,12-14,17,19,23,26,40H,4-6,8,10-11,15-16,33H2,1-3H3/t19-,23-,26-,42?/m1/s1. The maximum atomic E-state index is 16.0. The van der Waals surface area contributed by atoms with Crippen molar-refractivity contribution in [3.63, 3.8) is 0 Å². The Kier molecular flexibility index (Phi) is 6.56. The van der Waals surface area contributed by atoms with Gasteiger partial charge in [-0.25, -0.2) is 14.4 Å². The predicted molar refractivity (Wildman–Crippen MR) is 161 cm³/mol. The van der Waals surface area contributed by atoms with E-state index in [0.29, 0.717) is 53.2 Å². The van der Waals surface area contributed by atoms with Crippen LogP contribution in [0.3, 0.4) is 0 Å². The number of imidazole rings is 1. The van der Waals surface area contributed by atoms with Crippen LogP contribution in [0.1, 0.15) is 55.6 Å². The first-order valence-corrected chi connectivity index (χ1v) is 16.5. The van der Waals surface area contributed by atoms with Crippen molar-refractivity contribution in [3.8, 4) is 11.5 Å². The van der Waals surface area contributed by atoms with Crippen molar-refractivity contribution in [1.29, 1.82) is 0 Å². The van der Waals surface area contributed by atoms with Gasteiger partial charge in [0.05, 0.1) is 16.9 Å². The highest BCUT2D eigenvalue weighted by atomic mass is 32.2. The monoisotopic (exact) mass is 592 g/mol. The number of hydrogen-bond acceptors (Lipinski definition) is 6. The van der Waals surface area contributed by atoms with E-state index in [-0.39, 0.29) is 23.6 Å². The molecule has 11 heteroatoms. The molecule has 1 aromatic carbocycles. The molecule has 2 saturated carbocycles. The lowest BCUT2D eigenvalue weighted by atomic mass is 10.0. The second-order valence-corrected chi connectivity index (χ2v) is 14.4. The zero-order valence-electron chi connectivity index (χ0n) is 24.2. The average molecular weight is 593 g/mol. The lowest BCUT2D eigenvalue weighted by Gasteiger charge is -2.27. The SMILES string of the molecule is CS(=O)CCn1c(-c2cc3ccc(C(C)(C)O)nc3n2CC2CC2)nc2cc(C(=O)N3C[C@H]4CC[C@@H]3[C@@H]4N)cc(F)c21. The van der Waals surface area contributed by atoms with Gasteiger partial charge < -0.3 is 24.9 Å². The number of pyridine rings is 1. The molecular weight excluding hydrogens is 555 g/mol. The van der Waals surface area contributed by atoms with Gasteiger partial charge in [-0.1, -0.05) is 0 Å². The number of halogens is 1. The van der Waals surface area contributed by atoms with Gasteiger partial charge in [-0.3, -0.25) is 9.00 Å². The molecule has 0 spiro atoms. The molecule has 0 radical (unpaired) electrons. The number of carbonyl (C=O) groups is 1. The molecule has 42 heavy (non-hydrogen) atoms. The normalized spacial score (nSPS) is 23.0. The van der Waals surface area contributed by atoms with Crippen molar-refractivity contribution in [2.45, 2.75) is 70.3 Å². The van der Waals surface area contributed by atoms with Crippen molar-refractivity contribution in [3.05, 3.63) is 47.4 Å². The molecule has 1 unspecified atom stereocenters. The number of carbonyl (C=O) groups excluding carboxylic acids is 1. The van der Waals surface area contributed by atoms with Gasteiger partial charge in [0, 0.05) is 65.5 Å². The number of piperidine rings is 1. The van der Waals surface area contributed by atoms with E-state index in [1.165, 1.54) is 6.07 Å². The van der Waals surface area contributed by atoms with Crippen LogP contribution in [0.15, 0.2) is 30.3 Å². The Bertz CT molecular complexity index is 1750. The van der Waals surface area contributed by atoms with E-state index in [0.717, 1.165) is 49.0 Å². The molecule has 1 amide bonds. The van der Waals surface area contributed by atoms with Crippen LogP contribution in [0.4, 0.5) is 4.39 Å². The molecule has 222 valence electrons. The predicted octanol–water partition coefficient (Wildman–Crippen LogP) is 3.77. The Morgan fingerprint density at radius 3 is 2.57 bits per heavy atom. The minimum absolute atomic E-state index is 0.00618. The highest BCUT2D eigenvalue weighted by Crippen LogP contribution is 2.39. The summed E-state index contributed by atoms with van der Waals surface area (Å²) >= 11 is 0. The maximum absolute atomic E-state index is 16.0. The Balaban J connectivity index is 1.38. The third-order valence-electron chi connectivity index (χ3n) is 9.30. The van der Waals surface area contributed by atoms with Crippen LogP contribution in [0.5, 0.6) is 0 Å². The number of aromatic nitrogens is 4. The molecule has 9 nitrogen and oxygen atoms in total. The summed E-state index contributed by atoms with van der Waals surface area (Å²) in [6.45, 7) is 5.06. The number of aliphatic hydroxyl groups is 1. The van der Waals surface area contributed by atoms with Crippen molar-refractivity contribution in [2.24, 2.45) is 17.6 Å². The van der Waals surface area contributed by atoms with E-state index in [1.54, 1.807) is 35.6 Å². The number of nitrogens with two attached hydrogens (primary N) is 1. The number of rotatable bonds is 8. The summed E-state index contributed by atoms with van der Waals surface area (Å²) in [5, 5.41) is 11.5. The fourth-order valence-corrected chi connectivity index (χ4v) is 7.26. The summed E-state index contributed by atoms with van der Waals surface area (Å²) in [5.41, 5.74) is 8.28. The third-order valence-corrected chi connectivity index (χ3v) is 10.1. The van der Waals surface area contributed by atoms with E-state index in [9.17, 15) is 14.1 Å². The van der Waals surface area contributed by atoms with Crippen LogP contribution < -0.4 is 5.73 Å². The van der Waals surface area contributed by atoms with E-state index in [4.69, 9.17) is 15.7 Å². The number of aryl methyl sites for hydroxylation is 1. The molecule has 1 saturated heterocycles. The Morgan fingerprint density at radius 2 is 1.93 bits per heavy atom. The van der Waals surface area contributed by atoms with E-state index >= 15 is 4.39 Å². The lowest BCUT2D eigenvalue weighted by molar-refractivity contribution is 0.0699. The number of fused-ring (bicyclic) bond motifs is 4. The second kappa shape index (κ2) is 9.96. The number of benzene rings is 1. The van der Waals surface area contributed by atoms with Crippen LogP contribution in [0.25, 0.3) is 33.6 Å². The molecule has 3 N–H and O–H groups in total. The van der Waals surface area contributed by atoms with Gasteiger partial charge >= 0.3 is 0 Å². The Hall–Kier alpha value is -3.15. The largest absolute Gasteiger partial charge is 0.384 e. The minimum Gasteiger partial charge on any atom is -0.384 e. The first-order chi connectivity index (χ1) is 20.0. The summed E-state index contributed by atoms with van der Waals surface area (Å²) in [7, 11) is -1.11. The topological polar surface area (TPSA) is 119 Å². The molecule has 7 rings (SSSR count). The highest BCUT2D eigenvalue weighted by Gasteiger charge is 2.47. The smallest absolute Gasteiger partial charge is 0.254 e. The summed E-state index contributed by atoms with van der Waals surface area (Å²) in [6.07, 6.45) is 5.78. The Morgan fingerprint density at radius 1 is 1.14 bits per heavy atom. The number of nitrogens with zero attached hydrogens (tertiary/aromatic N) is 5. The van der Waals surface area contributed by atoms with Crippen LogP contribution in [-0.2, 0) is 29.5 Å². The van der Waals surface area contributed by atoms with Gasteiger partial charge in [0.15, 0.2) is 5.82 Å². The zero-order chi connectivity index (χ0) is 29.5. The van der Waals surface area contributed by atoms with E-state index in [1.807, 2.05) is 18.2 Å². The van der Waals surface area contributed by atoms with Gasteiger partial charge in [0.1, 0.15) is 22.6 Å². The first kappa shape index (κ1) is 27.7.